The molecule has 2 aromatic rings. The third-order valence-electron chi connectivity index (χ3n) is 4.05. The van der Waals surface area contributed by atoms with Gasteiger partial charge in [0.25, 0.3) is 10.0 Å². The summed E-state index contributed by atoms with van der Waals surface area (Å²) in [6.07, 6.45) is -0.296. The van der Waals surface area contributed by atoms with Crippen molar-refractivity contribution >= 4 is 10.0 Å². The summed E-state index contributed by atoms with van der Waals surface area (Å²) in [5.74, 6) is 0.404. The molecule has 1 fully saturated rings. The maximum absolute atomic E-state index is 12.5. The van der Waals surface area contributed by atoms with E-state index in [0.29, 0.717) is 24.7 Å². The minimum absolute atomic E-state index is 0.153. The highest BCUT2D eigenvalue weighted by molar-refractivity contribution is 7.89. The van der Waals surface area contributed by atoms with Crippen LogP contribution in [-0.2, 0) is 19.5 Å². The second-order valence-corrected chi connectivity index (χ2v) is 7.34. The van der Waals surface area contributed by atoms with Gasteiger partial charge in [-0.1, -0.05) is 0 Å². The molecule has 1 aliphatic heterocycles. The van der Waals surface area contributed by atoms with Crippen molar-refractivity contribution in [1.82, 2.24) is 14.9 Å². The fourth-order valence-electron chi connectivity index (χ4n) is 2.60. The van der Waals surface area contributed by atoms with Gasteiger partial charge in [0.1, 0.15) is 5.69 Å². The number of nitrogens with zero attached hydrogens (tertiary/aromatic N) is 1. The van der Waals surface area contributed by atoms with Gasteiger partial charge in [0.05, 0.1) is 25.4 Å². The number of rotatable bonds is 6. The van der Waals surface area contributed by atoms with Crippen molar-refractivity contribution in [3.63, 3.8) is 0 Å². The lowest BCUT2D eigenvalue weighted by atomic mass is 10.2. The Hall–Kier alpha value is -1.68. The molecule has 8 nitrogen and oxygen atoms in total. The maximum atomic E-state index is 12.5. The minimum atomic E-state index is -3.80. The Kier molecular flexibility index (Phi) is 4.77. The first-order valence-corrected chi connectivity index (χ1v) is 9.24. The summed E-state index contributed by atoms with van der Waals surface area (Å²) >= 11 is 0. The molecule has 3 rings (SSSR count). The number of ether oxygens (including phenoxy) is 2. The monoisotopic (exact) mass is 355 g/mol. The summed E-state index contributed by atoms with van der Waals surface area (Å²) in [7, 11) is -3.80. The van der Waals surface area contributed by atoms with Gasteiger partial charge in [-0.3, -0.25) is 5.10 Å². The number of aromatic amines is 1. The lowest BCUT2D eigenvalue weighted by Crippen LogP contribution is -2.43. The van der Waals surface area contributed by atoms with Crippen LogP contribution >= 0.6 is 0 Å². The summed E-state index contributed by atoms with van der Waals surface area (Å²) in [6.45, 7) is 6.78. The predicted molar refractivity (Wildman–Crippen MR) is 86.1 cm³/mol. The number of furan rings is 1. The number of sulfonamides is 1. The standard InChI is InChI=1S/C15H21N3O5S/c1-4-22-13-8-21-7-11(13)18-24(19,20)14-6-5-12(23-14)15-9(2)10(3)16-17-15/h5-6,11,13,18H,4,7-8H2,1-3H3,(H,16,17)/t11-,13-/m0/s1. The van der Waals surface area contributed by atoms with E-state index in [1.54, 1.807) is 6.07 Å². The molecule has 2 N–H and O–H groups in total. The molecule has 0 amide bonds. The van der Waals surface area contributed by atoms with Crippen molar-refractivity contribution in [2.24, 2.45) is 0 Å². The van der Waals surface area contributed by atoms with E-state index in [-0.39, 0.29) is 17.8 Å². The Morgan fingerprint density at radius 1 is 1.38 bits per heavy atom. The highest BCUT2D eigenvalue weighted by Gasteiger charge is 2.34. The van der Waals surface area contributed by atoms with Crippen LogP contribution in [0.3, 0.4) is 0 Å². The van der Waals surface area contributed by atoms with Gasteiger partial charge >= 0.3 is 0 Å². The van der Waals surface area contributed by atoms with E-state index < -0.39 is 16.1 Å². The summed E-state index contributed by atoms with van der Waals surface area (Å²) in [6, 6.07) is 2.59. The lowest BCUT2D eigenvalue weighted by molar-refractivity contribution is 0.0440. The van der Waals surface area contributed by atoms with Gasteiger partial charge in [0, 0.05) is 17.9 Å². The zero-order chi connectivity index (χ0) is 17.3. The molecular formula is C15H21N3O5S. The molecule has 0 aromatic carbocycles. The van der Waals surface area contributed by atoms with Gasteiger partial charge in [-0.15, -0.1) is 0 Å². The number of hydrogen-bond acceptors (Lipinski definition) is 6. The number of aromatic nitrogens is 2. The van der Waals surface area contributed by atoms with E-state index in [4.69, 9.17) is 13.9 Å². The average molecular weight is 355 g/mol. The number of nitrogens with one attached hydrogen (secondary N) is 2. The second-order valence-electron chi connectivity index (χ2n) is 5.70. The van der Waals surface area contributed by atoms with Gasteiger partial charge < -0.3 is 13.9 Å². The number of hydrogen-bond donors (Lipinski definition) is 2. The smallest absolute Gasteiger partial charge is 0.274 e. The zero-order valence-electron chi connectivity index (χ0n) is 13.8. The molecule has 3 heterocycles. The molecule has 24 heavy (non-hydrogen) atoms. The van der Waals surface area contributed by atoms with Crippen LogP contribution in [0.15, 0.2) is 21.6 Å². The van der Waals surface area contributed by atoms with Crippen LogP contribution < -0.4 is 4.72 Å². The van der Waals surface area contributed by atoms with Gasteiger partial charge in [0.15, 0.2) is 5.76 Å². The van der Waals surface area contributed by atoms with Crippen LogP contribution in [0.2, 0.25) is 0 Å². The molecule has 0 bridgehead atoms. The topological polar surface area (TPSA) is 106 Å². The zero-order valence-corrected chi connectivity index (χ0v) is 14.6. The van der Waals surface area contributed by atoms with Crippen molar-refractivity contribution in [3.05, 3.63) is 23.4 Å². The van der Waals surface area contributed by atoms with Crippen LogP contribution in [0.25, 0.3) is 11.5 Å². The molecule has 0 aliphatic carbocycles. The maximum Gasteiger partial charge on any atom is 0.274 e. The molecule has 2 atom stereocenters. The molecule has 9 heteroatoms. The summed E-state index contributed by atoms with van der Waals surface area (Å²) in [5.41, 5.74) is 2.43. The van der Waals surface area contributed by atoms with Crippen LogP contribution in [0.4, 0.5) is 0 Å². The van der Waals surface area contributed by atoms with E-state index in [0.717, 1.165) is 11.3 Å². The largest absolute Gasteiger partial charge is 0.442 e. The van der Waals surface area contributed by atoms with Crippen molar-refractivity contribution in [2.45, 2.75) is 38.0 Å². The second kappa shape index (κ2) is 6.67. The fraction of sp³-hybridized carbons (Fsp3) is 0.533. The molecule has 132 valence electrons. The van der Waals surface area contributed by atoms with E-state index in [2.05, 4.69) is 14.9 Å². The Balaban J connectivity index is 1.80. The summed E-state index contributed by atoms with van der Waals surface area (Å²) < 4.78 is 44.0. The van der Waals surface area contributed by atoms with E-state index in [9.17, 15) is 8.42 Å². The van der Waals surface area contributed by atoms with Crippen LogP contribution in [-0.4, -0.2) is 50.6 Å². The molecule has 0 saturated carbocycles. The highest BCUT2D eigenvalue weighted by atomic mass is 32.2. The first-order chi connectivity index (χ1) is 11.4. The summed E-state index contributed by atoms with van der Waals surface area (Å²) in [5, 5.41) is 6.85. The van der Waals surface area contributed by atoms with Crippen LogP contribution in [0, 0.1) is 13.8 Å². The fourth-order valence-corrected chi connectivity index (χ4v) is 3.78. The first-order valence-electron chi connectivity index (χ1n) is 7.76. The number of H-pyrrole nitrogens is 1. The molecule has 0 spiro atoms. The Morgan fingerprint density at radius 2 is 2.17 bits per heavy atom. The van der Waals surface area contributed by atoms with E-state index >= 15 is 0 Å². The third kappa shape index (κ3) is 3.25. The molecule has 0 radical (unpaired) electrons. The SMILES string of the molecule is CCO[C@H]1COC[C@@H]1NS(=O)(=O)c1ccc(-c2n[nH]c(C)c2C)o1. The van der Waals surface area contributed by atoms with Crippen molar-refractivity contribution in [1.29, 1.82) is 0 Å². The van der Waals surface area contributed by atoms with E-state index in [1.165, 1.54) is 6.07 Å². The van der Waals surface area contributed by atoms with Gasteiger partial charge in [-0.2, -0.15) is 5.10 Å². The lowest BCUT2D eigenvalue weighted by Gasteiger charge is -2.17. The minimum Gasteiger partial charge on any atom is -0.442 e. The Bertz CT molecular complexity index is 811. The van der Waals surface area contributed by atoms with E-state index in [1.807, 2.05) is 20.8 Å². The van der Waals surface area contributed by atoms with Crippen molar-refractivity contribution in [2.75, 3.05) is 19.8 Å². The van der Waals surface area contributed by atoms with Crippen LogP contribution in [0.5, 0.6) is 0 Å². The quantitative estimate of drug-likeness (QED) is 0.810. The Morgan fingerprint density at radius 3 is 2.83 bits per heavy atom. The molecule has 1 saturated heterocycles. The third-order valence-corrected chi connectivity index (χ3v) is 5.41. The molecule has 1 aliphatic rings. The molecule has 0 unspecified atom stereocenters. The number of aryl methyl sites for hydroxylation is 1. The highest BCUT2D eigenvalue weighted by Crippen LogP contribution is 2.27. The van der Waals surface area contributed by atoms with Crippen molar-refractivity contribution in [3.8, 4) is 11.5 Å². The van der Waals surface area contributed by atoms with Gasteiger partial charge in [-0.05, 0) is 32.9 Å². The van der Waals surface area contributed by atoms with Crippen molar-refractivity contribution < 1.29 is 22.3 Å². The van der Waals surface area contributed by atoms with Gasteiger partial charge in [0.2, 0.25) is 5.09 Å². The first kappa shape index (κ1) is 17.2. The van der Waals surface area contributed by atoms with Gasteiger partial charge in [-0.25, -0.2) is 13.1 Å². The average Bonchev–Trinajstić information content (AvgIpc) is 3.23. The normalized spacial score (nSPS) is 21.5. The van der Waals surface area contributed by atoms with Crippen LogP contribution in [0.1, 0.15) is 18.2 Å². The molecule has 2 aromatic heterocycles. The summed E-state index contributed by atoms with van der Waals surface area (Å²) in [4.78, 5) is 0. The predicted octanol–water partition coefficient (Wildman–Crippen LogP) is 1.37. The molecular weight excluding hydrogens is 334 g/mol. The Labute approximate surface area is 140 Å².